The highest BCUT2D eigenvalue weighted by Gasteiger charge is 2.35. The molecule has 4 aromatic rings. The van der Waals surface area contributed by atoms with Gasteiger partial charge in [0.05, 0.1) is 17.2 Å². The average molecular weight is 786 g/mol. The predicted molar refractivity (Wildman–Crippen MR) is 193 cm³/mol. The zero-order valence-electron chi connectivity index (χ0n) is 26.8. The van der Waals surface area contributed by atoms with Gasteiger partial charge in [0, 0.05) is 27.4 Å². The molecule has 1 N–H and O–H groups in total. The number of nitrogens with one attached hydrogen (secondary N) is 1. The first-order valence-electron chi connectivity index (χ1n) is 15.2. The van der Waals surface area contributed by atoms with E-state index in [9.17, 15) is 18.0 Å². The predicted octanol–water partition coefficient (Wildman–Crippen LogP) is 7.36. The number of carbonyl (C=O) groups excluding carboxylic acids is 2. The summed E-state index contributed by atoms with van der Waals surface area (Å²) in [5.41, 5.74) is 1.35. The Hall–Kier alpha value is -3.67. The van der Waals surface area contributed by atoms with Crippen LogP contribution in [0.4, 0.5) is 5.69 Å². The monoisotopic (exact) mass is 783 g/mol. The lowest BCUT2D eigenvalue weighted by Gasteiger charge is -2.35. The van der Waals surface area contributed by atoms with Gasteiger partial charge in [-0.25, -0.2) is 8.42 Å². The topological polar surface area (TPSA) is 96.0 Å². The van der Waals surface area contributed by atoms with E-state index in [-0.39, 0.29) is 29.5 Å². The van der Waals surface area contributed by atoms with Gasteiger partial charge in [0.1, 0.15) is 18.3 Å². The first kappa shape index (κ1) is 36.2. The van der Waals surface area contributed by atoms with Crippen molar-refractivity contribution in [3.05, 3.63) is 123 Å². The molecular formula is C36H39Br2N3O5S. The number of hydrogen-bond acceptors (Lipinski definition) is 5. The van der Waals surface area contributed by atoms with Gasteiger partial charge in [0.15, 0.2) is 0 Å². The van der Waals surface area contributed by atoms with E-state index in [2.05, 4.69) is 37.2 Å². The number of rotatable bonds is 13. The van der Waals surface area contributed by atoms with Crippen molar-refractivity contribution in [1.29, 1.82) is 0 Å². The Morgan fingerprint density at radius 1 is 0.830 bits per heavy atom. The molecule has 248 valence electrons. The van der Waals surface area contributed by atoms with Crippen LogP contribution in [0.5, 0.6) is 5.75 Å². The van der Waals surface area contributed by atoms with Crippen molar-refractivity contribution in [1.82, 2.24) is 10.2 Å². The van der Waals surface area contributed by atoms with E-state index in [0.29, 0.717) is 16.8 Å². The van der Waals surface area contributed by atoms with Gasteiger partial charge in [-0.3, -0.25) is 13.9 Å². The molecule has 1 atom stereocenters. The van der Waals surface area contributed by atoms with Gasteiger partial charge in [-0.05, 0) is 99.5 Å². The molecule has 47 heavy (non-hydrogen) atoms. The number of amides is 2. The maximum atomic E-state index is 14.6. The minimum atomic E-state index is -4.22. The lowest BCUT2D eigenvalue weighted by molar-refractivity contribution is -0.140. The Morgan fingerprint density at radius 3 is 2.06 bits per heavy atom. The van der Waals surface area contributed by atoms with Crippen LogP contribution in [0.25, 0.3) is 0 Å². The van der Waals surface area contributed by atoms with E-state index in [1.807, 2.05) is 82.3 Å². The van der Waals surface area contributed by atoms with Crippen molar-refractivity contribution in [3.63, 3.8) is 0 Å². The third kappa shape index (κ3) is 10.2. The molecule has 4 rings (SSSR count). The molecule has 0 spiro atoms. The summed E-state index contributed by atoms with van der Waals surface area (Å²) in [5.74, 6) is -0.306. The minimum Gasteiger partial charge on any atom is -0.494 e. The summed E-state index contributed by atoms with van der Waals surface area (Å²) in [4.78, 5) is 30.1. The molecule has 0 bridgehead atoms. The molecule has 0 radical (unpaired) electrons. The lowest BCUT2D eigenvalue weighted by atomic mass is 10.0. The van der Waals surface area contributed by atoms with Gasteiger partial charge in [-0.1, -0.05) is 74.3 Å². The number of sulfonamides is 1. The second-order valence-corrected chi connectivity index (χ2v) is 15.7. The van der Waals surface area contributed by atoms with Crippen LogP contribution in [0, 0.1) is 0 Å². The number of hydrogen-bond donors (Lipinski definition) is 1. The standard InChI is InChI=1S/C36H39Br2N3O5S/c1-5-46-31-18-16-30(17-19-31)41(47(44,45)32-20-14-28(37)15-21-32)25-34(42)40(24-27-12-9-13-29(38)22-27)33(35(43)39-36(2,3)4)23-26-10-7-6-8-11-26/h6-22,33H,5,23-25H2,1-4H3,(H,39,43)/t33-/m0/s1. The Morgan fingerprint density at radius 2 is 1.47 bits per heavy atom. The van der Waals surface area contributed by atoms with Crippen LogP contribution in [-0.4, -0.2) is 49.9 Å². The van der Waals surface area contributed by atoms with E-state index in [0.717, 1.165) is 19.9 Å². The minimum absolute atomic E-state index is 0.0206. The first-order valence-corrected chi connectivity index (χ1v) is 18.2. The van der Waals surface area contributed by atoms with Gasteiger partial charge in [-0.2, -0.15) is 0 Å². The summed E-state index contributed by atoms with van der Waals surface area (Å²) in [5, 5.41) is 3.04. The summed E-state index contributed by atoms with van der Waals surface area (Å²) in [7, 11) is -4.22. The number of nitrogens with zero attached hydrogens (tertiary/aromatic N) is 2. The molecule has 8 nitrogen and oxygen atoms in total. The van der Waals surface area contributed by atoms with Crippen molar-refractivity contribution in [2.75, 3.05) is 17.5 Å². The van der Waals surface area contributed by atoms with Crippen molar-refractivity contribution < 1.29 is 22.7 Å². The van der Waals surface area contributed by atoms with Gasteiger partial charge in [0.25, 0.3) is 10.0 Å². The van der Waals surface area contributed by atoms with Gasteiger partial charge in [-0.15, -0.1) is 0 Å². The fourth-order valence-corrected chi connectivity index (χ4v) is 7.10. The quantitative estimate of drug-likeness (QED) is 0.153. The van der Waals surface area contributed by atoms with E-state index >= 15 is 0 Å². The fraction of sp³-hybridized carbons (Fsp3) is 0.278. The first-order chi connectivity index (χ1) is 22.3. The molecule has 4 aromatic carbocycles. The maximum Gasteiger partial charge on any atom is 0.264 e. The van der Waals surface area contributed by atoms with Crippen LogP contribution in [-0.2, 0) is 32.6 Å². The number of ether oxygens (including phenoxy) is 1. The molecule has 0 saturated carbocycles. The van der Waals surface area contributed by atoms with Crippen molar-refractivity contribution >= 4 is 59.4 Å². The SMILES string of the molecule is CCOc1ccc(N(CC(=O)N(Cc2cccc(Br)c2)[C@@H](Cc2ccccc2)C(=O)NC(C)(C)C)S(=O)(=O)c2ccc(Br)cc2)cc1. The Bertz CT molecular complexity index is 1760. The van der Waals surface area contributed by atoms with E-state index in [1.54, 1.807) is 36.4 Å². The number of anilines is 1. The summed E-state index contributed by atoms with van der Waals surface area (Å²) >= 11 is 6.88. The zero-order chi connectivity index (χ0) is 34.2. The van der Waals surface area contributed by atoms with E-state index in [1.165, 1.54) is 17.0 Å². The highest BCUT2D eigenvalue weighted by atomic mass is 79.9. The maximum absolute atomic E-state index is 14.6. The normalized spacial score (nSPS) is 12.2. The summed E-state index contributed by atoms with van der Waals surface area (Å²) < 4.78 is 36.6. The van der Waals surface area contributed by atoms with E-state index in [4.69, 9.17) is 4.74 Å². The molecule has 0 unspecified atom stereocenters. The Kier molecular flexibility index (Phi) is 12.3. The van der Waals surface area contributed by atoms with Gasteiger partial charge < -0.3 is 15.0 Å². The van der Waals surface area contributed by atoms with Gasteiger partial charge >= 0.3 is 0 Å². The van der Waals surface area contributed by atoms with Crippen LogP contribution in [0.1, 0.15) is 38.8 Å². The molecule has 0 saturated heterocycles. The molecule has 0 fully saturated rings. The molecule has 0 aliphatic carbocycles. The van der Waals surface area contributed by atoms with Gasteiger partial charge in [0.2, 0.25) is 11.8 Å². The fourth-order valence-electron chi connectivity index (χ4n) is 4.98. The molecule has 11 heteroatoms. The highest BCUT2D eigenvalue weighted by molar-refractivity contribution is 9.10. The highest BCUT2D eigenvalue weighted by Crippen LogP contribution is 2.28. The van der Waals surface area contributed by atoms with Crippen LogP contribution < -0.4 is 14.4 Å². The number of benzene rings is 4. The second-order valence-electron chi connectivity index (χ2n) is 12.0. The van der Waals surface area contributed by atoms with Crippen LogP contribution in [0.2, 0.25) is 0 Å². The average Bonchev–Trinajstić information content (AvgIpc) is 3.02. The zero-order valence-corrected chi connectivity index (χ0v) is 30.8. The number of halogens is 2. The largest absolute Gasteiger partial charge is 0.494 e. The Balaban J connectivity index is 1.82. The summed E-state index contributed by atoms with van der Waals surface area (Å²) in [6.07, 6.45) is 0.227. The summed E-state index contributed by atoms with van der Waals surface area (Å²) in [6.45, 7) is 7.47. The lowest BCUT2D eigenvalue weighted by Crippen LogP contribution is -2.56. The Labute approximate surface area is 294 Å². The van der Waals surface area contributed by atoms with Crippen LogP contribution >= 0.6 is 31.9 Å². The van der Waals surface area contributed by atoms with E-state index < -0.39 is 34.1 Å². The molecule has 0 aromatic heterocycles. The third-order valence-electron chi connectivity index (χ3n) is 7.13. The number of carbonyl (C=O) groups is 2. The van der Waals surface area contributed by atoms with Crippen LogP contribution in [0.15, 0.2) is 117 Å². The molecule has 0 heterocycles. The summed E-state index contributed by atoms with van der Waals surface area (Å²) in [6, 6.07) is 28.8. The van der Waals surface area contributed by atoms with Crippen molar-refractivity contribution in [2.24, 2.45) is 0 Å². The molecule has 2 amide bonds. The smallest absolute Gasteiger partial charge is 0.264 e. The second kappa shape index (κ2) is 16.0. The molecule has 0 aliphatic heterocycles. The third-order valence-corrected chi connectivity index (χ3v) is 9.94. The van der Waals surface area contributed by atoms with Crippen LogP contribution in [0.3, 0.4) is 0 Å². The van der Waals surface area contributed by atoms with Crippen molar-refractivity contribution in [2.45, 2.75) is 57.1 Å². The molecule has 0 aliphatic rings. The van der Waals surface area contributed by atoms with Crippen molar-refractivity contribution in [3.8, 4) is 5.75 Å². The molecular weight excluding hydrogens is 746 g/mol.